The molecule has 0 aliphatic carbocycles. The second-order valence-corrected chi connectivity index (χ2v) is 10.4. The van der Waals surface area contributed by atoms with Gasteiger partial charge in [-0.15, -0.1) is 0 Å². The van der Waals surface area contributed by atoms with Crippen LogP contribution in [-0.2, 0) is 13.9 Å². The second kappa shape index (κ2) is 11.5. The Kier molecular flexibility index (Phi) is 8.40. The zero-order chi connectivity index (χ0) is 29.4. The Morgan fingerprint density at radius 2 is 2.00 bits per heavy atom. The lowest BCUT2D eigenvalue weighted by molar-refractivity contribution is -0.124. The summed E-state index contributed by atoms with van der Waals surface area (Å²) >= 11 is 6.15. The number of halogens is 3. The molecule has 2 atom stereocenters. The van der Waals surface area contributed by atoms with Crippen LogP contribution in [0.1, 0.15) is 28.4 Å². The van der Waals surface area contributed by atoms with Crippen molar-refractivity contribution in [3.05, 3.63) is 79.9 Å². The molecule has 0 saturated heterocycles. The third-order valence-corrected chi connectivity index (χ3v) is 6.91. The van der Waals surface area contributed by atoms with Crippen molar-refractivity contribution in [2.24, 2.45) is 4.99 Å². The smallest absolute Gasteiger partial charge is 0.469 e. The number of nitrogens with zero attached hydrogens (tertiary/aromatic N) is 2. The molecule has 1 aliphatic rings. The SMILES string of the molecule is Cc1c(Cl)ccc2c1N=CC2=Cc1[nH]c(=O)n(C(C(=O)NC(CO)COP(=O)(O)O)c2ccc(F)c(F)c2)c1O. The van der Waals surface area contributed by atoms with Gasteiger partial charge in [0.1, 0.15) is 11.7 Å². The van der Waals surface area contributed by atoms with E-state index in [1.54, 1.807) is 19.1 Å². The van der Waals surface area contributed by atoms with E-state index < -0.39 is 62.2 Å². The zero-order valence-corrected chi connectivity index (χ0v) is 22.2. The van der Waals surface area contributed by atoms with Crippen molar-refractivity contribution in [1.82, 2.24) is 14.9 Å². The van der Waals surface area contributed by atoms with Crippen molar-refractivity contribution in [2.75, 3.05) is 13.2 Å². The third-order valence-electron chi connectivity index (χ3n) is 6.01. The van der Waals surface area contributed by atoms with Gasteiger partial charge < -0.3 is 30.3 Å². The first-order valence-electron chi connectivity index (χ1n) is 11.5. The minimum Gasteiger partial charge on any atom is -0.493 e. The van der Waals surface area contributed by atoms with Gasteiger partial charge in [0.15, 0.2) is 11.6 Å². The van der Waals surface area contributed by atoms with Gasteiger partial charge in [0.05, 0.1) is 24.9 Å². The molecule has 2 unspecified atom stereocenters. The topological polar surface area (TPSA) is 186 Å². The number of phosphoric acid groups is 1. The molecular formula is C24H22ClF2N4O8P. The highest BCUT2D eigenvalue weighted by Crippen LogP contribution is 2.39. The van der Waals surface area contributed by atoms with E-state index in [1.165, 1.54) is 12.3 Å². The maximum atomic E-state index is 14.1. The van der Waals surface area contributed by atoms with E-state index in [1.807, 2.05) is 0 Å². The Morgan fingerprint density at radius 3 is 2.65 bits per heavy atom. The van der Waals surface area contributed by atoms with Gasteiger partial charge in [-0.3, -0.25) is 14.3 Å². The molecule has 6 N–H and O–H groups in total. The lowest BCUT2D eigenvalue weighted by Gasteiger charge is -2.23. The van der Waals surface area contributed by atoms with E-state index in [9.17, 15) is 33.1 Å². The Labute approximate surface area is 229 Å². The predicted octanol–water partition coefficient (Wildman–Crippen LogP) is 2.55. The zero-order valence-electron chi connectivity index (χ0n) is 20.5. The Bertz CT molecular complexity index is 1650. The van der Waals surface area contributed by atoms with Crippen LogP contribution in [0.3, 0.4) is 0 Å². The Hall–Kier alpha value is -3.65. The molecule has 12 nitrogen and oxygen atoms in total. The number of imidazole rings is 1. The summed E-state index contributed by atoms with van der Waals surface area (Å²) in [5.41, 5.74) is 1.03. The van der Waals surface area contributed by atoms with Crippen molar-refractivity contribution < 1.29 is 42.7 Å². The van der Waals surface area contributed by atoms with Crippen LogP contribution in [0, 0.1) is 18.6 Å². The maximum absolute atomic E-state index is 14.1. The molecular weight excluding hydrogens is 577 g/mol. The second-order valence-electron chi connectivity index (χ2n) is 8.71. The number of H-pyrrole nitrogens is 1. The van der Waals surface area contributed by atoms with Crippen molar-refractivity contribution in [3.63, 3.8) is 0 Å². The summed E-state index contributed by atoms with van der Waals surface area (Å²) in [5.74, 6) is -4.45. The van der Waals surface area contributed by atoms with Crippen molar-refractivity contribution >= 4 is 48.9 Å². The number of benzene rings is 2. The molecule has 3 aromatic rings. The highest BCUT2D eigenvalue weighted by molar-refractivity contribution is 7.46. The molecule has 16 heteroatoms. The minimum atomic E-state index is -4.96. The van der Waals surface area contributed by atoms with Crippen LogP contribution < -0.4 is 11.0 Å². The number of aliphatic hydroxyl groups is 1. The molecule has 40 heavy (non-hydrogen) atoms. The van der Waals surface area contributed by atoms with Crippen LogP contribution in [-0.4, -0.2) is 60.9 Å². The van der Waals surface area contributed by atoms with Crippen LogP contribution in [0.2, 0.25) is 5.02 Å². The molecule has 0 saturated carbocycles. The van der Waals surface area contributed by atoms with Gasteiger partial charge in [-0.05, 0) is 42.3 Å². The number of aromatic amines is 1. The molecule has 1 aliphatic heterocycles. The fourth-order valence-electron chi connectivity index (χ4n) is 4.05. The number of nitrogens with one attached hydrogen (secondary N) is 2. The number of aliphatic hydroxyl groups excluding tert-OH is 1. The molecule has 1 aromatic heterocycles. The number of aliphatic imine (C=N–C) groups is 1. The number of hydrogen-bond acceptors (Lipinski definition) is 7. The fourth-order valence-corrected chi connectivity index (χ4v) is 4.58. The van der Waals surface area contributed by atoms with Gasteiger partial charge >= 0.3 is 13.5 Å². The Morgan fingerprint density at radius 1 is 1.27 bits per heavy atom. The van der Waals surface area contributed by atoms with Gasteiger partial charge in [0.25, 0.3) is 0 Å². The van der Waals surface area contributed by atoms with Crippen molar-refractivity contribution in [3.8, 4) is 5.88 Å². The molecule has 2 heterocycles. The average Bonchev–Trinajstić information content (AvgIpc) is 3.42. The summed E-state index contributed by atoms with van der Waals surface area (Å²) in [4.78, 5) is 50.9. The first-order valence-corrected chi connectivity index (χ1v) is 13.4. The number of phosphoric ester groups is 1. The van der Waals surface area contributed by atoms with Gasteiger partial charge in [0.2, 0.25) is 11.8 Å². The summed E-state index contributed by atoms with van der Waals surface area (Å²) in [6.07, 6.45) is 2.87. The standard InChI is InChI=1S/C24H22ClF2N4O8P/c1-11-16(25)4-3-15-13(8-28-20(11)15)7-19-23(34)31(24(35)30-19)21(12-2-5-17(26)18(27)6-12)22(33)29-14(9-32)10-39-40(36,37)38/h2-8,14,21,32,34H,9-10H2,1H3,(H,29,33)(H,30,35)(H2,36,37,38). The monoisotopic (exact) mass is 598 g/mol. The number of fused-ring (bicyclic) bond motifs is 1. The first-order chi connectivity index (χ1) is 18.8. The quantitative estimate of drug-likeness (QED) is 0.203. The number of hydrogen-bond donors (Lipinski definition) is 6. The molecule has 212 valence electrons. The molecule has 0 bridgehead atoms. The minimum absolute atomic E-state index is 0.143. The summed E-state index contributed by atoms with van der Waals surface area (Å²) in [7, 11) is -4.96. The molecule has 2 aromatic carbocycles. The maximum Gasteiger partial charge on any atom is 0.469 e. The lowest BCUT2D eigenvalue weighted by atomic mass is 10.0. The van der Waals surface area contributed by atoms with Crippen LogP contribution in [0.5, 0.6) is 5.88 Å². The summed E-state index contributed by atoms with van der Waals surface area (Å²) in [6, 6.07) is 2.51. The number of rotatable bonds is 9. The third kappa shape index (κ3) is 6.07. The van der Waals surface area contributed by atoms with Crippen molar-refractivity contribution in [2.45, 2.75) is 19.0 Å². The number of aromatic nitrogens is 2. The largest absolute Gasteiger partial charge is 0.493 e. The van der Waals surface area contributed by atoms with E-state index in [0.717, 1.165) is 6.07 Å². The van der Waals surface area contributed by atoms with Gasteiger partial charge in [-0.25, -0.2) is 22.7 Å². The van der Waals surface area contributed by atoms with Crippen LogP contribution in [0.25, 0.3) is 11.6 Å². The normalized spacial score (nSPS) is 15.3. The van der Waals surface area contributed by atoms with Gasteiger partial charge in [0, 0.05) is 22.4 Å². The number of amides is 1. The lowest BCUT2D eigenvalue weighted by Crippen LogP contribution is -2.45. The number of allylic oxidation sites excluding steroid dienone is 1. The summed E-state index contributed by atoms with van der Waals surface area (Å²) in [6.45, 7) is 0.0984. The predicted molar refractivity (Wildman–Crippen MR) is 140 cm³/mol. The number of carbonyl (C=O) groups is 1. The van der Waals surface area contributed by atoms with E-state index in [4.69, 9.17) is 21.4 Å². The highest BCUT2D eigenvalue weighted by Gasteiger charge is 2.31. The van der Waals surface area contributed by atoms with Crippen LogP contribution >= 0.6 is 19.4 Å². The van der Waals surface area contributed by atoms with Crippen LogP contribution in [0.4, 0.5) is 14.5 Å². The number of aromatic hydroxyl groups is 1. The summed E-state index contributed by atoms with van der Waals surface area (Å²) in [5, 5.41) is 23.3. The highest BCUT2D eigenvalue weighted by atomic mass is 35.5. The summed E-state index contributed by atoms with van der Waals surface area (Å²) < 4.78 is 43.7. The molecule has 0 fully saturated rings. The molecule has 0 radical (unpaired) electrons. The molecule has 0 spiro atoms. The van der Waals surface area contributed by atoms with Gasteiger partial charge in [-0.2, -0.15) is 0 Å². The number of carbonyl (C=O) groups excluding carboxylic acids is 1. The molecule has 1 amide bonds. The van der Waals surface area contributed by atoms with Crippen LogP contribution in [0.15, 0.2) is 40.1 Å². The van der Waals surface area contributed by atoms with E-state index in [-0.39, 0.29) is 11.3 Å². The molecule has 4 rings (SSSR count). The first kappa shape index (κ1) is 29.3. The van der Waals surface area contributed by atoms with Crippen molar-refractivity contribution in [1.29, 1.82) is 0 Å². The fraction of sp³-hybridized carbons (Fsp3) is 0.208. The Balaban J connectivity index is 1.76. The van der Waals surface area contributed by atoms with E-state index >= 15 is 0 Å². The average molecular weight is 599 g/mol. The van der Waals surface area contributed by atoms with E-state index in [2.05, 4.69) is 19.8 Å². The van der Waals surface area contributed by atoms with Gasteiger partial charge in [-0.1, -0.05) is 23.7 Å². The van der Waals surface area contributed by atoms with E-state index in [0.29, 0.717) is 44.1 Å².